The summed E-state index contributed by atoms with van der Waals surface area (Å²) in [6.07, 6.45) is 2.45. The van der Waals surface area contributed by atoms with Crippen LogP contribution in [0, 0.1) is 0 Å². The van der Waals surface area contributed by atoms with Crippen molar-refractivity contribution in [1.82, 2.24) is 31.1 Å². The molecule has 1 fully saturated rings. The van der Waals surface area contributed by atoms with Gasteiger partial charge in [0.25, 0.3) is 5.91 Å². The SMILES string of the molecule is CNC/C(=C\NC(F)F)c1ccc([C@H]2N=C(N)N([C@H](COC(=O)NC3CC3)c3ccc(Cl)c(C(S)N(C)CNC)c3)C2=O)cc1. The molecule has 15 heteroatoms. The van der Waals surface area contributed by atoms with Crippen LogP contribution >= 0.6 is 24.2 Å². The van der Waals surface area contributed by atoms with E-state index in [1.165, 1.54) is 11.1 Å². The number of alkyl carbamates (subject to hydrolysis) is 1. The fraction of sp³-hybridized carbons (Fsp3) is 0.433. The lowest BCUT2D eigenvalue weighted by Gasteiger charge is -2.30. The highest BCUT2D eigenvalue weighted by Crippen LogP contribution is 2.36. The summed E-state index contributed by atoms with van der Waals surface area (Å²) >= 11 is 11.3. The predicted molar refractivity (Wildman–Crippen MR) is 174 cm³/mol. The van der Waals surface area contributed by atoms with Crippen molar-refractivity contribution < 1.29 is 23.1 Å². The van der Waals surface area contributed by atoms with Crippen LogP contribution in [0.2, 0.25) is 5.02 Å². The van der Waals surface area contributed by atoms with Crippen LogP contribution in [-0.2, 0) is 9.53 Å². The predicted octanol–water partition coefficient (Wildman–Crippen LogP) is 3.58. The summed E-state index contributed by atoms with van der Waals surface area (Å²) in [4.78, 5) is 34.2. The van der Waals surface area contributed by atoms with Crippen molar-refractivity contribution in [2.75, 3.05) is 41.0 Å². The summed E-state index contributed by atoms with van der Waals surface area (Å²) in [6, 6.07) is 10.5. The van der Waals surface area contributed by atoms with E-state index in [2.05, 4.69) is 20.9 Å². The molecule has 244 valence electrons. The Hall–Kier alpha value is -3.43. The molecule has 0 radical (unpaired) electrons. The molecule has 0 aromatic heterocycles. The van der Waals surface area contributed by atoms with Crippen LogP contribution in [0.4, 0.5) is 13.6 Å². The minimum absolute atomic E-state index is 0.0339. The van der Waals surface area contributed by atoms with E-state index in [0.29, 0.717) is 46.1 Å². The summed E-state index contributed by atoms with van der Waals surface area (Å²) in [5, 5.41) is 10.9. The first kappa shape index (κ1) is 34.4. The van der Waals surface area contributed by atoms with Crippen molar-refractivity contribution in [3.8, 4) is 0 Å². The third-order valence-corrected chi connectivity index (χ3v) is 8.44. The molecule has 2 aromatic carbocycles. The largest absolute Gasteiger partial charge is 0.447 e. The first-order valence-corrected chi connectivity index (χ1v) is 15.3. The number of hydrogen-bond acceptors (Lipinski definition) is 10. The number of rotatable bonds is 15. The van der Waals surface area contributed by atoms with Crippen LogP contribution in [0.15, 0.2) is 53.7 Å². The van der Waals surface area contributed by atoms with E-state index < -0.39 is 30.6 Å². The molecule has 1 saturated carbocycles. The molecule has 1 aliphatic heterocycles. The van der Waals surface area contributed by atoms with Gasteiger partial charge in [-0.3, -0.25) is 14.6 Å². The average Bonchev–Trinajstić information content (AvgIpc) is 3.78. The second-order valence-electron chi connectivity index (χ2n) is 10.8. The number of thiol groups is 1. The number of carbonyl (C=O) groups excluding carboxylic acids is 2. The standard InChI is InChI=1S/C30H39ClF2N8O3S/c1-35-13-20(14-37-28(32)33)17-4-6-18(7-5-17)25-26(42)41(29(34)39-25)24(15-44-30(43)38-21-9-10-21)19-8-11-23(31)22(12-19)27(45)40(3)16-36-2/h4-8,11-12,14,21,24-25,27-28,35-37,45H,9-10,13,15-16H2,1-3H3,(H2,34,39)(H,38,43)/b20-14+/t24-,25-,27?/m1/s1. The molecule has 45 heavy (non-hydrogen) atoms. The van der Waals surface area contributed by atoms with Gasteiger partial charge < -0.3 is 31.7 Å². The molecule has 1 heterocycles. The third kappa shape index (κ3) is 8.85. The lowest BCUT2D eigenvalue weighted by molar-refractivity contribution is -0.129. The molecule has 11 nitrogen and oxygen atoms in total. The zero-order chi connectivity index (χ0) is 32.7. The van der Waals surface area contributed by atoms with E-state index in [-0.39, 0.29) is 24.0 Å². The number of benzene rings is 2. The Morgan fingerprint density at radius 2 is 1.93 bits per heavy atom. The fourth-order valence-corrected chi connectivity index (χ4v) is 5.54. The molecule has 2 amide bonds. The molecule has 2 aliphatic rings. The monoisotopic (exact) mass is 664 g/mol. The number of guanidine groups is 1. The first-order valence-electron chi connectivity index (χ1n) is 14.4. The van der Waals surface area contributed by atoms with Crippen molar-refractivity contribution in [2.45, 2.75) is 42.9 Å². The third-order valence-electron chi connectivity index (χ3n) is 7.42. The molecule has 1 aliphatic carbocycles. The van der Waals surface area contributed by atoms with Gasteiger partial charge in [-0.1, -0.05) is 41.9 Å². The Bertz CT molecular complexity index is 1410. The van der Waals surface area contributed by atoms with Crippen LogP contribution in [0.1, 0.15) is 52.6 Å². The molecule has 0 bridgehead atoms. The van der Waals surface area contributed by atoms with Gasteiger partial charge in [0.2, 0.25) is 0 Å². The number of aliphatic imine (C=N–C) groups is 1. The van der Waals surface area contributed by atoms with Gasteiger partial charge in [0.15, 0.2) is 12.0 Å². The Morgan fingerprint density at radius 3 is 2.56 bits per heavy atom. The molecule has 3 atom stereocenters. The average molecular weight is 665 g/mol. The molecule has 1 unspecified atom stereocenters. The number of carbonyl (C=O) groups is 2. The van der Waals surface area contributed by atoms with Crippen molar-refractivity contribution >= 4 is 47.8 Å². The van der Waals surface area contributed by atoms with Gasteiger partial charge in [-0.15, -0.1) is 0 Å². The van der Waals surface area contributed by atoms with Gasteiger partial charge in [-0.05, 0) is 73.9 Å². The quantitative estimate of drug-likeness (QED) is 0.0967. The van der Waals surface area contributed by atoms with Gasteiger partial charge in [0.05, 0.1) is 11.4 Å². The molecule has 0 spiro atoms. The van der Waals surface area contributed by atoms with E-state index in [4.69, 9.17) is 34.7 Å². The zero-order valence-electron chi connectivity index (χ0n) is 25.3. The second kappa shape index (κ2) is 15.7. The fourth-order valence-electron chi connectivity index (χ4n) is 4.95. The van der Waals surface area contributed by atoms with E-state index in [1.807, 2.05) is 30.4 Å². The van der Waals surface area contributed by atoms with E-state index in [0.717, 1.165) is 12.8 Å². The zero-order valence-corrected chi connectivity index (χ0v) is 26.9. The van der Waals surface area contributed by atoms with Gasteiger partial charge in [-0.25, -0.2) is 9.79 Å². The molecular weight excluding hydrogens is 626 g/mol. The number of hydrogen-bond donors (Lipinski definition) is 6. The summed E-state index contributed by atoms with van der Waals surface area (Å²) in [6.45, 7) is -2.00. The van der Waals surface area contributed by atoms with Crippen molar-refractivity contribution in [2.24, 2.45) is 10.7 Å². The topological polar surface area (TPSA) is 136 Å². The Labute approximate surface area is 272 Å². The number of nitrogens with two attached hydrogens (primary N) is 1. The maximum atomic E-state index is 13.9. The number of likely N-dealkylation sites (N-methyl/N-ethyl adjacent to an activating group) is 1. The van der Waals surface area contributed by atoms with Crippen LogP contribution in [0.5, 0.6) is 0 Å². The van der Waals surface area contributed by atoms with Crippen LogP contribution in [0.25, 0.3) is 5.57 Å². The van der Waals surface area contributed by atoms with Crippen LogP contribution in [-0.4, -0.2) is 81.3 Å². The van der Waals surface area contributed by atoms with Gasteiger partial charge in [0, 0.05) is 30.5 Å². The van der Waals surface area contributed by atoms with Crippen LogP contribution < -0.4 is 27.0 Å². The molecule has 2 aromatic rings. The highest BCUT2D eigenvalue weighted by molar-refractivity contribution is 7.80. The van der Waals surface area contributed by atoms with Crippen molar-refractivity contribution in [1.29, 1.82) is 0 Å². The number of amides is 2. The number of nitrogens with one attached hydrogen (secondary N) is 4. The number of halogens is 3. The Balaban J connectivity index is 1.62. The van der Waals surface area contributed by atoms with E-state index in [9.17, 15) is 18.4 Å². The summed E-state index contributed by atoms with van der Waals surface area (Å²) < 4.78 is 31.1. The Kier molecular flexibility index (Phi) is 12.0. The highest BCUT2D eigenvalue weighted by Gasteiger charge is 2.40. The summed E-state index contributed by atoms with van der Waals surface area (Å²) in [7, 11) is 5.42. The minimum atomic E-state index is -2.70. The number of nitrogens with zero attached hydrogens (tertiary/aromatic N) is 3. The Morgan fingerprint density at radius 1 is 1.22 bits per heavy atom. The maximum absolute atomic E-state index is 13.9. The lowest BCUT2D eigenvalue weighted by Crippen LogP contribution is -2.43. The minimum Gasteiger partial charge on any atom is -0.447 e. The summed E-state index contributed by atoms with van der Waals surface area (Å²) in [5.41, 5.74) is 9.56. The van der Waals surface area contributed by atoms with Crippen molar-refractivity contribution in [3.63, 3.8) is 0 Å². The highest BCUT2D eigenvalue weighted by atomic mass is 35.5. The van der Waals surface area contributed by atoms with Gasteiger partial charge in [-0.2, -0.15) is 21.4 Å². The van der Waals surface area contributed by atoms with Gasteiger partial charge >= 0.3 is 12.6 Å². The van der Waals surface area contributed by atoms with E-state index >= 15 is 0 Å². The molecule has 4 rings (SSSR count). The van der Waals surface area contributed by atoms with Crippen molar-refractivity contribution in [3.05, 3.63) is 75.9 Å². The smallest absolute Gasteiger partial charge is 0.407 e. The normalized spacial score (nSPS) is 18.3. The van der Waals surface area contributed by atoms with E-state index in [1.54, 1.807) is 43.4 Å². The van der Waals surface area contributed by atoms with Gasteiger partial charge in [0.1, 0.15) is 6.61 Å². The maximum Gasteiger partial charge on any atom is 0.407 e. The first-order chi connectivity index (χ1) is 21.5. The lowest BCUT2D eigenvalue weighted by atomic mass is 9.99. The van der Waals surface area contributed by atoms with Crippen LogP contribution in [0.3, 0.4) is 0 Å². The summed E-state index contributed by atoms with van der Waals surface area (Å²) in [5.74, 6) is -0.443. The molecular formula is C30H39ClF2N8O3S. The number of ether oxygens (including phenoxy) is 1. The number of alkyl halides is 2. The second-order valence-corrected chi connectivity index (χ2v) is 11.7. The molecule has 0 saturated heterocycles. The molecule has 6 N–H and O–H groups in total.